The highest BCUT2D eigenvalue weighted by atomic mass is 15.0. The Morgan fingerprint density at radius 3 is 2.59 bits per heavy atom. The minimum absolute atomic E-state index is 0.919. The van der Waals surface area contributed by atoms with Crippen LogP contribution in [0.4, 0.5) is 0 Å². The van der Waals surface area contributed by atoms with Gasteiger partial charge in [-0.05, 0) is 30.5 Å². The van der Waals surface area contributed by atoms with Crippen molar-refractivity contribution in [1.29, 1.82) is 0 Å². The second-order valence-corrected chi connectivity index (χ2v) is 5.85. The molecule has 1 heterocycles. The smallest absolute Gasteiger partial charge is 0.0559 e. The van der Waals surface area contributed by atoms with Crippen LogP contribution in [0.25, 0.3) is 16.5 Å². The molecule has 112 valence electrons. The molecule has 22 heavy (non-hydrogen) atoms. The Kier molecular flexibility index (Phi) is 4.43. The van der Waals surface area contributed by atoms with Crippen LogP contribution < -0.4 is 0 Å². The Morgan fingerprint density at radius 1 is 1.00 bits per heavy atom. The maximum absolute atomic E-state index is 2.36. The number of nitrogens with zero attached hydrogens (tertiary/aromatic N) is 1. The van der Waals surface area contributed by atoms with E-state index >= 15 is 0 Å². The summed E-state index contributed by atoms with van der Waals surface area (Å²) in [6.45, 7) is 5.37. The summed E-state index contributed by atoms with van der Waals surface area (Å²) in [5, 5.41) is 1.32. The van der Waals surface area contributed by atoms with Crippen LogP contribution >= 0.6 is 0 Å². The van der Waals surface area contributed by atoms with Gasteiger partial charge in [-0.15, -0.1) is 0 Å². The molecule has 1 nitrogen and oxygen atoms in total. The number of allylic oxidation sites excluding steroid dienone is 2. The molecule has 0 aliphatic heterocycles. The zero-order chi connectivity index (χ0) is 15.4. The molecule has 0 bridgehead atoms. The molecule has 3 rings (SSSR count). The minimum atomic E-state index is 0.919. The SMILES string of the molecule is CCC/C=C(\C)c1cccc2ccn(Cc3ccccc3)c12. The first-order chi connectivity index (χ1) is 10.8. The molecule has 0 aliphatic carbocycles. The first-order valence-electron chi connectivity index (χ1n) is 8.08. The van der Waals surface area contributed by atoms with E-state index < -0.39 is 0 Å². The largest absolute Gasteiger partial charge is 0.343 e. The zero-order valence-electron chi connectivity index (χ0n) is 13.4. The molecule has 1 heteroatoms. The lowest BCUT2D eigenvalue weighted by molar-refractivity contribution is 0.836. The summed E-state index contributed by atoms with van der Waals surface area (Å²) in [7, 11) is 0. The van der Waals surface area contributed by atoms with Crippen molar-refractivity contribution in [3.05, 3.63) is 78.0 Å². The maximum Gasteiger partial charge on any atom is 0.0559 e. The van der Waals surface area contributed by atoms with Gasteiger partial charge in [-0.2, -0.15) is 0 Å². The highest BCUT2D eigenvalue weighted by Gasteiger charge is 2.08. The van der Waals surface area contributed by atoms with Crippen LogP contribution in [0, 0.1) is 0 Å². The second kappa shape index (κ2) is 6.65. The summed E-state index contributed by atoms with van der Waals surface area (Å²) in [6, 6.07) is 19.5. The van der Waals surface area contributed by atoms with E-state index in [2.05, 4.69) is 85.3 Å². The molecule has 0 atom stereocenters. The fourth-order valence-electron chi connectivity index (χ4n) is 2.96. The first-order valence-corrected chi connectivity index (χ1v) is 8.08. The Hall–Kier alpha value is -2.28. The molecule has 0 saturated heterocycles. The minimum Gasteiger partial charge on any atom is -0.343 e. The van der Waals surface area contributed by atoms with Gasteiger partial charge in [-0.25, -0.2) is 0 Å². The Morgan fingerprint density at radius 2 is 1.82 bits per heavy atom. The molecule has 0 N–H and O–H groups in total. The summed E-state index contributed by atoms with van der Waals surface area (Å²) < 4.78 is 2.36. The van der Waals surface area contributed by atoms with E-state index in [-0.39, 0.29) is 0 Å². The predicted octanol–water partition coefficient (Wildman–Crippen LogP) is 5.89. The fourth-order valence-corrected chi connectivity index (χ4v) is 2.96. The third-order valence-electron chi connectivity index (χ3n) is 4.15. The van der Waals surface area contributed by atoms with Crippen molar-refractivity contribution >= 4 is 16.5 Å². The van der Waals surface area contributed by atoms with Crippen LogP contribution in [0.1, 0.15) is 37.8 Å². The van der Waals surface area contributed by atoms with E-state index in [1.165, 1.54) is 34.0 Å². The van der Waals surface area contributed by atoms with Crippen LogP contribution in [0.5, 0.6) is 0 Å². The average Bonchev–Trinajstić information content (AvgIpc) is 2.96. The molecule has 0 spiro atoms. The van der Waals surface area contributed by atoms with Crippen LogP contribution in [0.15, 0.2) is 66.9 Å². The number of benzene rings is 2. The van der Waals surface area contributed by atoms with Gasteiger partial charge in [-0.1, -0.05) is 68.0 Å². The quantitative estimate of drug-likeness (QED) is 0.551. The molecule has 2 aromatic carbocycles. The topological polar surface area (TPSA) is 4.93 Å². The first kappa shape index (κ1) is 14.6. The van der Waals surface area contributed by atoms with Gasteiger partial charge in [0.1, 0.15) is 0 Å². The summed E-state index contributed by atoms with van der Waals surface area (Å²) in [6.07, 6.45) is 6.89. The van der Waals surface area contributed by atoms with Gasteiger partial charge < -0.3 is 4.57 Å². The molecular weight excluding hydrogens is 266 g/mol. The van der Waals surface area contributed by atoms with Crippen LogP contribution in [0.2, 0.25) is 0 Å². The van der Waals surface area contributed by atoms with Gasteiger partial charge in [0, 0.05) is 23.7 Å². The van der Waals surface area contributed by atoms with E-state index in [4.69, 9.17) is 0 Å². The molecule has 0 amide bonds. The van der Waals surface area contributed by atoms with E-state index in [0.29, 0.717) is 0 Å². The molecule has 0 aliphatic rings. The monoisotopic (exact) mass is 289 g/mol. The number of unbranched alkanes of at least 4 members (excludes halogenated alkanes) is 1. The second-order valence-electron chi connectivity index (χ2n) is 5.85. The number of hydrogen-bond donors (Lipinski definition) is 0. The Labute approximate surface area is 132 Å². The van der Waals surface area contributed by atoms with Crippen molar-refractivity contribution < 1.29 is 0 Å². The van der Waals surface area contributed by atoms with E-state index in [9.17, 15) is 0 Å². The summed E-state index contributed by atoms with van der Waals surface area (Å²) in [5.74, 6) is 0. The molecular formula is C21H23N. The summed E-state index contributed by atoms with van der Waals surface area (Å²) in [5.41, 5.74) is 5.41. The van der Waals surface area contributed by atoms with Crippen LogP contribution in [-0.2, 0) is 6.54 Å². The standard InChI is InChI=1S/C21H23N/c1-3-4-9-17(2)20-13-8-12-19-14-15-22(21(19)20)16-18-10-6-5-7-11-18/h5-15H,3-4,16H2,1-2H3/b17-9+. The third-order valence-corrected chi connectivity index (χ3v) is 4.15. The van der Waals surface area contributed by atoms with Crippen molar-refractivity contribution in [2.45, 2.75) is 33.2 Å². The van der Waals surface area contributed by atoms with Gasteiger partial charge in [0.2, 0.25) is 0 Å². The average molecular weight is 289 g/mol. The number of aromatic nitrogens is 1. The lowest BCUT2D eigenvalue weighted by atomic mass is 10.0. The van der Waals surface area contributed by atoms with Crippen molar-refractivity contribution in [2.75, 3.05) is 0 Å². The zero-order valence-corrected chi connectivity index (χ0v) is 13.4. The summed E-state index contributed by atoms with van der Waals surface area (Å²) in [4.78, 5) is 0. The van der Waals surface area contributed by atoms with Crippen LogP contribution in [-0.4, -0.2) is 4.57 Å². The molecule has 0 radical (unpaired) electrons. The Bertz CT molecular complexity index is 778. The number of para-hydroxylation sites is 1. The molecule has 3 aromatic rings. The van der Waals surface area contributed by atoms with E-state index in [1.54, 1.807) is 0 Å². The molecule has 0 saturated carbocycles. The fraction of sp³-hybridized carbons (Fsp3) is 0.238. The number of hydrogen-bond acceptors (Lipinski definition) is 0. The summed E-state index contributed by atoms with van der Waals surface area (Å²) >= 11 is 0. The maximum atomic E-state index is 2.36. The van der Waals surface area contributed by atoms with Gasteiger partial charge in [0.05, 0.1) is 5.52 Å². The van der Waals surface area contributed by atoms with E-state index in [0.717, 1.165) is 13.0 Å². The Balaban J connectivity index is 2.05. The normalized spacial score (nSPS) is 12.0. The number of fused-ring (bicyclic) bond motifs is 1. The van der Waals surface area contributed by atoms with Crippen LogP contribution in [0.3, 0.4) is 0 Å². The predicted molar refractivity (Wildman–Crippen MR) is 96.0 cm³/mol. The highest BCUT2D eigenvalue weighted by molar-refractivity contribution is 5.91. The van der Waals surface area contributed by atoms with Gasteiger partial charge in [0.15, 0.2) is 0 Å². The van der Waals surface area contributed by atoms with Crippen molar-refractivity contribution in [3.8, 4) is 0 Å². The lowest BCUT2D eigenvalue weighted by Crippen LogP contribution is -1.99. The van der Waals surface area contributed by atoms with Gasteiger partial charge in [-0.3, -0.25) is 0 Å². The van der Waals surface area contributed by atoms with Crippen molar-refractivity contribution in [1.82, 2.24) is 4.57 Å². The lowest BCUT2D eigenvalue weighted by Gasteiger charge is -2.11. The molecule has 1 aromatic heterocycles. The van der Waals surface area contributed by atoms with E-state index in [1.807, 2.05) is 0 Å². The number of rotatable bonds is 5. The van der Waals surface area contributed by atoms with Crippen molar-refractivity contribution in [2.24, 2.45) is 0 Å². The van der Waals surface area contributed by atoms with Gasteiger partial charge >= 0.3 is 0 Å². The van der Waals surface area contributed by atoms with Gasteiger partial charge in [0.25, 0.3) is 0 Å². The molecule has 0 fully saturated rings. The third kappa shape index (κ3) is 2.99. The highest BCUT2D eigenvalue weighted by Crippen LogP contribution is 2.27. The molecule has 0 unspecified atom stereocenters. The van der Waals surface area contributed by atoms with Crippen molar-refractivity contribution in [3.63, 3.8) is 0 Å².